The van der Waals surface area contributed by atoms with Crippen molar-refractivity contribution in [1.82, 2.24) is 0 Å². The molecular formula is C12H17NO4S. The first-order chi connectivity index (χ1) is 8.26. The van der Waals surface area contributed by atoms with E-state index in [1.165, 1.54) is 6.07 Å². The van der Waals surface area contributed by atoms with Crippen LogP contribution in [0.1, 0.15) is 31.9 Å². The van der Waals surface area contributed by atoms with Crippen LogP contribution in [0.5, 0.6) is 0 Å². The maximum atomic E-state index is 12.1. The Labute approximate surface area is 107 Å². The van der Waals surface area contributed by atoms with Crippen LogP contribution in [0.3, 0.4) is 0 Å². The van der Waals surface area contributed by atoms with Crippen molar-refractivity contribution in [3.05, 3.63) is 29.8 Å². The van der Waals surface area contributed by atoms with Gasteiger partial charge in [0.05, 0.1) is 16.6 Å². The van der Waals surface area contributed by atoms with Gasteiger partial charge in [0.25, 0.3) is 0 Å². The summed E-state index contributed by atoms with van der Waals surface area (Å²) in [5.41, 5.74) is 6.10. The van der Waals surface area contributed by atoms with Gasteiger partial charge in [-0.3, -0.25) is 4.79 Å². The van der Waals surface area contributed by atoms with E-state index < -0.39 is 27.1 Å². The van der Waals surface area contributed by atoms with E-state index in [0.717, 1.165) is 0 Å². The zero-order valence-electron chi connectivity index (χ0n) is 10.3. The van der Waals surface area contributed by atoms with Gasteiger partial charge in [0.1, 0.15) is 0 Å². The first kappa shape index (κ1) is 14.7. The highest BCUT2D eigenvalue weighted by Gasteiger charge is 2.25. The van der Waals surface area contributed by atoms with Crippen molar-refractivity contribution in [2.24, 2.45) is 5.73 Å². The molecule has 1 aromatic carbocycles. The molecule has 100 valence electrons. The Morgan fingerprint density at radius 2 is 1.89 bits per heavy atom. The number of carboxylic acids is 1. The molecule has 0 bridgehead atoms. The van der Waals surface area contributed by atoms with Crippen LogP contribution in [0.4, 0.5) is 0 Å². The molecule has 0 aliphatic carbocycles. The van der Waals surface area contributed by atoms with Gasteiger partial charge < -0.3 is 10.8 Å². The lowest BCUT2D eigenvalue weighted by Gasteiger charge is -2.16. The lowest BCUT2D eigenvalue weighted by Crippen LogP contribution is -2.21. The highest BCUT2D eigenvalue weighted by atomic mass is 32.2. The van der Waals surface area contributed by atoms with Gasteiger partial charge in [0.15, 0.2) is 9.84 Å². The van der Waals surface area contributed by atoms with Crippen molar-refractivity contribution in [3.63, 3.8) is 0 Å². The number of nitrogens with two attached hydrogens (primary N) is 1. The zero-order chi connectivity index (χ0) is 13.9. The Morgan fingerprint density at radius 3 is 2.39 bits per heavy atom. The molecule has 0 fully saturated rings. The maximum absolute atomic E-state index is 12.1. The van der Waals surface area contributed by atoms with E-state index in [0.29, 0.717) is 5.56 Å². The van der Waals surface area contributed by atoms with Crippen LogP contribution < -0.4 is 5.73 Å². The molecule has 18 heavy (non-hydrogen) atoms. The van der Waals surface area contributed by atoms with Crippen molar-refractivity contribution >= 4 is 15.8 Å². The van der Waals surface area contributed by atoms with Crippen LogP contribution in [0, 0.1) is 0 Å². The van der Waals surface area contributed by atoms with Gasteiger partial charge in [0.2, 0.25) is 0 Å². The minimum Gasteiger partial charge on any atom is -0.481 e. The van der Waals surface area contributed by atoms with Gasteiger partial charge in [-0.25, -0.2) is 8.42 Å². The zero-order valence-corrected chi connectivity index (χ0v) is 11.1. The molecule has 0 saturated carbocycles. The standard InChI is InChI=1S/C12H17NO4S/c1-8(2)18(16,17)11-6-4-3-5-9(11)10(13)7-12(14)15/h3-6,8,10H,7,13H2,1-2H3,(H,14,15). The summed E-state index contributed by atoms with van der Waals surface area (Å²) in [6, 6.07) is 5.45. The smallest absolute Gasteiger partial charge is 0.305 e. The maximum Gasteiger partial charge on any atom is 0.305 e. The van der Waals surface area contributed by atoms with Crippen LogP contribution in [0.25, 0.3) is 0 Å². The largest absolute Gasteiger partial charge is 0.481 e. The Hall–Kier alpha value is -1.40. The summed E-state index contributed by atoms with van der Waals surface area (Å²) >= 11 is 0. The third-order valence-electron chi connectivity index (χ3n) is 2.64. The number of rotatable bonds is 5. The van der Waals surface area contributed by atoms with Crippen LogP contribution in [0.2, 0.25) is 0 Å². The second kappa shape index (κ2) is 5.49. The van der Waals surface area contributed by atoms with Crippen molar-refractivity contribution in [1.29, 1.82) is 0 Å². The normalized spacial score (nSPS) is 13.6. The van der Waals surface area contributed by atoms with E-state index in [9.17, 15) is 13.2 Å². The molecule has 1 unspecified atom stereocenters. The highest BCUT2D eigenvalue weighted by Crippen LogP contribution is 2.26. The van der Waals surface area contributed by atoms with Crippen LogP contribution in [0.15, 0.2) is 29.2 Å². The van der Waals surface area contributed by atoms with Gasteiger partial charge in [-0.15, -0.1) is 0 Å². The summed E-state index contributed by atoms with van der Waals surface area (Å²) in [6.45, 7) is 3.16. The van der Waals surface area contributed by atoms with E-state index in [1.807, 2.05) is 0 Å². The van der Waals surface area contributed by atoms with Crippen LogP contribution in [-0.4, -0.2) is 24.7 Å². The van der Waals surface area contributed by atoms with Gasteiger partial charge in [0, 0.05) is 6.04 Å². The molecule has 0 amide bonds. The molecule has 0 spiro atoms. The molecule has 6 heteroatoms. The molecule has 1 atom stereocenters. The third kappa shape index (κ3) is 3.08. The molecule has 0 radical (unpaired) electrons. The molecule has 1 rings (SSSR count). The first-order valence-corrected chi connectivity index (χ1v) is 7.11. The van der Waals surface area contributed by atoms with Crippen molar-refractivity contribution < 1.29 is 18.3 Å². The molecule has 0 heterocycles. The van der Waals surface area contributed by atoms with E-state index in [1.54, 1.807) is 32.0 Å². The topological polar surface area (TPSA) is 97.5 Å². The summed E-state index contributed by atoms with van der Waals surface area (Å²) < 4.78 is 24.3. The number of benzene rings is 1. The van der Waals surface area contributed by atoms with E-state index in [2.05, 4.69) is 0 Å². The molecule has 0 aromatic heterocycles. The summed E-state index contributed by atoms with van der Waals surface area (Å²) in [5.74, 6) is -1.06. The molecule has 1 aromatic rings. The minimum absolute atomic E-state index is 0.119. The Kier molecular flexibility index (Phi) is 4.48. The summed E-state index contributed by atoms with van der Waals surface area (Å²) in [7, 11) is -3.46. The summed E-state index contributed by atoms with van der Waals surface area (Å²) in [6.07, 6.45) is -0.301. The number of hydrogen-bond acceptors (Lipinski definition) is 4. The highest BCUT2D eigenvalue weighted by molar-refractivity contribution is 7.92. The van der Waals surface area contributed by atoms with Gasteiger partial charge in [-0.1, -0.05) is 18.2 Å². The lowest BCUT2D eigenvalue weighted by atomic mass is 10.1. The third-order valence-corrected chi connectivity index (χ3v) is 4.87. The van der Waals surface area contributed by atoms with Gasteiger partial charge in [-0.2, -0.15) is 0 Å². The van der Waals surface area contributed by atoms with Crippen molar-refractivity contribution in [3.8, 4) is 0 Å². The average Bonchev–Trinajstić information content (AvgIpc) is 2.27. The number of carbonyl (C=O) groups is 1. The molecular weight excluding hydrogens is 254 g/mol. The first-order valence-electron chi connectivity index (χ1n) is 5.57. The molecule has 0 aliphatic rings. The van der Waals surface area contributed by atoms with Crippen molar-refractivity contribution in [2.45, 2.75) is 36.5 Å². The Bertz CT molecular complexity index is 537. The lowest BCUT2D eigenvalue weighted by molar-refractivity contribution is -0.137. The molecule has 3 N–H and O–H groups in total. The number of aliphatic carboxylic acids is 1. The molecule has 5 nitrogen and oxygen atoms in total. The molecule has 0 saturated heterocycles. The number of hydrogen-bond donors (Lipinski definition) is 2. The average molecular weight is 271 g/mol. The van der Waals surface area contributed by atoms with E-state index >= 15 is 0 Å². The Balaban J connectivity index is 3.27. The second-order valence-corrected chi connectivity index (χ2v) is 6.81. The van der Waals surface area contributed by atoms with E-state index in [-0.39, 0.29) is 11.3 Å². The number of sulfone groups is 1. The fraction of sp³-hybridized carbons (Fsp3) is 0.417. The molecule has 0 aliphatic heterocycles. The summed E-state index contributed by atoms with van der Waals surface area (Å²) in [4.78, 5) is 10.8. The second-order valence-electron chi connectivity index (χ2n) is 4.34. The quantitative estimate of drug-likeness (QED) is 0.842. The summed E-state index contributed by atoms with van der Waals surface area (Å²) in [5, 5.41) is 8.15. The fourth-order valence-electron chi connectivity index (χ4n) is 1.60. The van der Waals surface area contributed by atoms with E-state index in [4.69, 9.17) is 10.8 Å². The van der Waals surface area contributed by atoms with Crippen molar-refractivity contribution in [2.75, 3.05) is 0 Å². The van der Waals surface area contributed by atoms with Gasteiger partial charge in [-0.05, 0) is 25.5 Å². The van der Waals surface area contributed by atoms with Crippen LogP contribution in [-0.2, 0) is 14.6 Å². The minimum atomic E-state index is -3.46. The predicted octanol–water partition coefficient (Wildman–Crippen LogP) is 1.34. The SMILES string of the molecule is CC(C)S(=O)(=O)c1ccccc1C(N)CC(=O)O. The number of carboxylic acid groups (broad SMARTS) is 1. The fourth-order valence-corrected chi connectivity index (χ4v) is 2.92. The van der Waals surface area contributed by atoms with Gasteiger partial charge >= 0.3 is 5.97 Å². The predicted molar refractivity (Wildman–Crippen MR) is 67.9 cm³/mol. The van der Waals surface area contributed by atoms with Crippen LogP contribution >= 0.6 is 0 Å². The Morgan fingerprint density at radius 1 is 1.33 bits per heavy atom. The monoisotopic (exact) mass is 271 g/mol.